The standard InChI is InChI=1S/C39H61N7O6/c1-9-28(5)24-46(39(51)52-8)37(49)42-44(20-19-27(3)4)26-34(47)33(23-31-16-12-11-13-17-31)41-36(48)35(29(6)10-2)45-22-21-43(38(45)50)25-32-18-14-15-30(7)40-32/h11-18,27-29,33-35,47H,9-10,19-26H2,1-8H3,(H,41,48)(H,42,49). The maximum Gasteiger partial charge on any atom is 0.417 e. The second kappa shape index (κ2) is 20.7. The zero-order valence-electron chi connectivity index (χ0n) is 32.4. The first-order valence-corrected chi connectivity index (χ1v) is 18.7. The first-order valence-electron chi connectivity index (χ1n) is 18.7. The molecule has 1 aliphatic heterocycles. The minimum absolute atomic E-state index is 0.0253. The third-order valence-corrected chi connectivity index (χ3v) is 9.77. The second-order valence-corrected chi connectivity index (χ2v) is 14.5. The molecular formula is C39H61N7O6. The topological polar surface area (TPSA) is 148 Å². The number of imide groups is 1. The van der Waals surface area contributed by atoms with Crippen LogP contribution in [0.3, 0.4) is 0 Å². The van der Waals surface area contributed by atoms with Crippen molar-refractivity contribution < 1.29 is 29.0 Å². The number of aromatic nitrogens is 1. The third kappa shape index (κ3) is 12.5. The van der Waals surface area contributed by atoms with Crippen LogP contribution in [0.15, 0.2) is 48.5 Å². The van der Waals surface area contributed by atoms with Crippen molar-refractivity contribution >= 4 is 24.1 Å². The van der Waals surface area contributed by atoms with Crippen molar-refractivity contribution in [3.8, 4) is 0 Å². The highest BCUT2D eigenvalue weighted by molar-refractivity contribution is 5.90. The Kier molecular flexibility index (Phi) is 16.8. The number of nitrogens with one attached hydrogen (secondary N) is 2. The molecule has 2 heterocycles. The summed E-state index contributed by atoms with van der Waals surface area (Å²) >= 11 is 0. The summed E-state index contributed by atoms with van der Waals surface area (Å²) in [5, 5.41) is 16.6. The lowest BCUT2D eigenvalue weighted by atomic mass is 9.95. The summed E-state index contributed by atoms with van der Waals surface area (Å²) in [5.74, 6) is -0.158. The van der Waals surface area contributed by atoms with Crippen LogP contribution in [0.4, 0.5) is 14.4 Å². The number of hydrogen-bond donors (Lipinski definition) is 3. The molecule has 52 heavy (non-hydrogen) atoms. The van der Waals surface area contributed by atoms with Crippen molar-refractivity contribution in [3.05, 3.63) is 65.5 Å². The summed E-state index contributed by atoms with van der Waals surface area (Å²) in [5.41, 5.74) is 5.40. The van der Waals surface area contributed by atoms with Gasteiger partial charge in [0.1, 0.15) is 6.04 Å². The molecular weight excluding hydrogens is 662 g/mol. The first kappa shape index (κ1) is 42.2. The summed E-state index contributed by atoms with van der Waals surface area (Å²) < 4.78 is 4.91. The van der Waals surface area contributed by atoms with Crippen LogP contribution in [-0.4, -0.2) is 112 Å². The lowest BCUT2D eigenvalue weighted by molar-refractivity contribution is -0.128. The van der Waals surface area contributed by atoms with Gasteiger partial charge in [-0.25, -0.2) is 24.3 Å². The minimum atomic E-state index is -1.13. The molecule has 5 unspecified atom stereocenters. The number of carbonyl (C=O) groups excluding carboxylic acids is 4. The number of aliphatic hydroxyl groups excluding tert-OH is 1. The summed E-state index contributed by atoms with van der Waals surface area (Å²) in [4.78, 5) is 63.1. The van der Waals surface area contributed by atoms with Crippen molar-refractivity contribution in [1.82, 2.24) is 35.4 Å². The molecule has 0 saturated carbocycles. The molecule has 1 aromatic carbocycles. The Morgan fingerprint density at radius 3 is 2.31 bits per heavy atom. The normalized spacial score (nSPS) is 16.0. The van der Waals surface area contributed by atoms with Gasteiger partial charge in [0.25, 0.3) is 0 Å². The Hall–Kier alpha value is -4.23. The van der Waals surface area contributed by atoms with Gasteiger partial charge in [0.2, 0.25) is 5.91 Å². The van der Waals surface area contributed by atoms with Crippen LogP contribution in [0.1, 0.15) is 77.8 Å². The van der Waals surface area contributed by atoms with E-state index >= 15 is 0 Å². The van der Waals surface area contributed by atoms with Crippen molar-refractivity contribution in [3.63, 3.8) is 0 Å². The number of amides is 6. The van der Waals surface area contributed by atoms with E-state index in [2.05, 4.69) is 29.6 Å². The van der Waals surface area contributed by atoms with Crippen LogP contribution in [0, 0.1) is 24.7 Å². The lowest BCUT2D eigenvalue weighted by Crippen LogP contribution is -2.59. The summed E-state index contributed by atoms with van der Waals surface area (Å²) in [7, 11) is 1.23. The van der Waals surface area contributed by atoms with E-state index in [0.717, 1.165) is 28.3 Å². The van der Waals surface area contributed by atoms with E-state index in [9.17, 15) is 24.3 Å². The molecule has 0 radical (unpaired) electrons. The average molecular weight is 724 g/mol. The lowest BCUT2D eigenvalue weighted by Gasteiger charge is -2.35. The van der Waals surface area contributed by atoms with Crippen LogP contribution in [0.2, 0.25) is 0 Å². The number of methoxy groups -OCH3 is 1. The highest BCUT2D eigenvalue weighted by Gasteiger charge is 2.41. The number of pyridine rings is 1. The second-order valence-electron chi connectivity index (χ2n) is 14.5. The smallest absolute Gasteiger partial charge is 0.417 e. The zero-order valence-corrected chi connectivity index (χ0v) is 32.4. The van der Waals surface area contributed by atoms with E-state index in [1.165, 1.54) is 7.11 Å². The van der Waals surface area contributed by atoms with E-state index in [-0.39, 0.29) is 36.9 Å². The predicted molar refractivity (Wildman–Crippen MR) is 201 cm³/mol. The minimum Gasteiger partial charge on any atom is -0.452 e. The predicted octanol–water partition coefficient (Wildman–Crippen LogP) is 5.22. The van der Waals surface area contributed by atoms with Crippen LogP contribution in [-0.2, 0) is 22.5 Å². The molecule has 1 fully saturated rings. The monoisotopic (exact) mass is 723 g/mol. The highest BCUT2D eigenvalue weighted by Crippen LogP contribution is 2.23. The third-order valence-electron chi connectivity index (χ3n) is 9.77. The number of urea groups is 2. The Morgan fingerprint density at radius 1 is 0.981 bits per heavy atom. The summed E-state index contributed by atoms with van der Waals surface area (Å²) in [6, 6.07) is 12.9. The fourth-order valence-corrected chi connectivity index (χ4v) is 6.19. The number of hydrazine groups is 1. The first-order chi connectivity index (χ1) is 24.8. The number of benzene rings is 1. The van der Waals surface area contributed by atoms with E-state index in [1.807, 2.05) is 83.1 Å². The molecule has 6 amide bonds. The van der Waals surface area contributed by atoms with Crippen molar-refractivity contribution in [2.75, 3.05) is 39.8 Å². The number of aliphatic hydroxyl groups is 1. The Labute approximate surface area is 310 Å². The zero-order chi connectivity index (χ0) is 38.4. The van der Waals surface area contributed by atoms with Crippen molar-refractivity contribution in [1.29, 1.82) is 0 Å². The summed E-state index contributed by atoms with van der Waals surface area (Å²) in [6.07, 6.45) is 0.545. The summed E-state index contributed by atoms with van der Waals surface area (Å²) in [6.45, 7) is 15.7. The van der Waals surface area contributed by atoms with Gasteiger partial charge in [-0.2, -0.15) is 0 Å². The number of hydrogen-bond acceptors (Lipinski definition) is 8. The molecule has 3 N–H and O–H groups in total. The van der Waals surface area contributed by atoms with Gasteiger partial charge < -0.3 is 25.0 Å². The van der Waals surface area contributed by atoms with E-state index < -0.39 is 30.3 Å². The van der Waals surface area contributed by atoms with Crippen LogP contribution < -0.4 is 10.7 Å². The molecule has 1 saturated heterocycles. The number of ether oxygens (including phenoxy) is 1. The van der Waals surface area contributed by atoms with Gasteiger partial charge in [-0.3, -0.25) is 15.2 Å². The van der Waals surface area contributed by atoms with Crippen molar-refractivity contribution in [2.24, 2.45) is 17.8 Å². The average Bonchev–Trinajstić information content (AvgIpc) is 3.47. The molecule has 1 aliphatic rings. The fraction of sp³-hybridized carbons (Fsp3) is 0.615. The Morgan fingerprint density at radius 2 is 1.69 bits per heavy atom. The molecule has 0 bridgehead atoms. The van der Waals surface area contributed by atoms with Gasteiger partial charge in [-0.1, -0.05) is 90.8 Å². The molecule has 5 atom stereocenters. The van der Waals surface area contributed by atoms with E-state index in [4.69, 9.17) is 4.74 Å². The Bertz CT molecular complexity index is 1440. The largest absolute Gasteiger partial charge is 0.452 e. The Balaban J connectivity index is 1.85. The molecule has 13 nitrogen and oxygen atoms in total. The van der Waals surface area contributed by atoms with Gasteiger partial charge >= 0.3 is 18.2 Å². The van der Waals surface area contributed by atoms with Crippen LogP contribution >= 0.6 is 0 Å². The molecule has 1 aromatic heterocycles. The number of nitrogens with zero attached hydrogens (tertiary/aromatic N) is 5. The van der Waals surface area contributed by atoms with E-state index in [0.29, 0.717) is 51.4 Å². The molecule has 0 aliphatic carbocycles. The maximum absolute atomic E-state index is 14.3. The number of rotatable bonds is 19. The maximum atomic E-state index is 14.3. The SMILES string of the molecule is CCC(C)CN(C(=O)NN(CCC(C)C)CC(O)C(Cc1ccccc1)NC(=O)C(C(C)CC)N1CCN(Cc2cccc(C)n2)C1=O)C(=O)OC. The van der Waals surface area contributed by atoms with Gasteiger partial charge in [-0.05, 0) is 55.2 Å². The number of aryl methyl sites for hydroxylation is 1. The number of carbonyl (C=O) groups is 4. The van der Waals surface area contributed by atoms with E-state index in [1.54, 1.807) is 14.8 Å². The fourth-order valence-electron chi connectivity index (χ4n) is 6.19. The molecule has 288 valence electrons. The molecule has 3 rings (SSSR count). The van der Waals surface area contributed by atoms with Gasteiger partial charge in [0.15, 0.2) is 0 Å². The highest BCUT2D eigenvalue weighted by atomic mass is 16.5. The van der Waals surface area contributed by atoms with Crippen LogP contribution in [0.25, 0.3) is 0 Å². The quantitative estimate of drug-likeness (QED) is 0.167. The molecule has 0 spiro atoms. The van der Waals surface area contributed by atoms with Crippen LogP contribution in [0.5, 0.6) is 0 Å². The van der Waals surface area contributed by atoms with Gasteiger partial charge in [-0.15, -0.1) is 0 Å². The van der Waals surface area contributed by atoms with Gasteiger partial charge in [0.05, 0.1) is 31.5 Å². The van der Waals surface area contributed by atoms with Crippen molar-refractivity contribution in [2.45, 2.75) is 98.9 Å². The molecule has 2 aromatic rings. The molecule has 13 heteroatoms. The van der Waals surface area contributed by atoms with Gasteiger partial charge in [0, 0.05) is 38.4 Å².